The highest BCUT2D eigenvalue weighted by atomic mass is 32.1. The summed E-state index contributed by atoms with van der Waals surface area (Å²) in [5.74, 6) is -0.410. The van der Waals surface area contributed by atoms with E-state index in [-0.39, 0.29) is 6.61 Å². The van der Waals surface area contributed by atoms with Crippen molar-refractivity contribution >= 4 is 33.9 Å². The number of ether oxygens (including phenoxy) is 1. The molecule has 0 radical (unpaired) electrons. The second-order valence-electron chi connectivity index (χ2n) is 4.37. The first-order chi connectivity index (χ1) is 9.66. The summed E-state index contributed by atoms with van der Waals surface area (Å²) >= 11 is 1.28. The Balaban J connectivity index is 1.81. The average molecular weight is 287 g/mol. The maximum Gasteiger partial charge on any atom is 0.350 e. The zero-order valence-corrected chi connectivity index (χ0v) is 11.7. The van der Waals surface area contributed by atoms with Crippen LogP contribution in [0.5, 0.6) is 0 Å². The van der Waals surface area contributed by atoms with Crippen molar-refractivity contribution in [2.45, 2.75) is 6.61 Å². The van der Waals surface area contributed by atoms with Gasteiger partial charge in [-0.15, -0.1) is 11.3 Å². The summed E-state index contributed by atoms with van der Waals surface area (Å²) in [4.78, 5) is 12.4. The van der Waals surface area contributed by atoms with E-state index in [2.05, 4.69) is 5.10 Å². The fraction of sp³-hybridized carbons (Fsp3) is 0.143. The van der Waals surface area contributed by atoms with Crippen LogP contribution in [0.1, 0.15) is 15.4 Å². The van der Waals surface area contributed by atoms with Gasteiger partial charge in [-0.2, -0.15) is 5.10 Å². The van der Waals surface area contributed by atoms with Gasteiger partial charge in [0.2, 0.25) is 0 Å². The number of hydrogen-bond donors (Lipinski definition) is 1. The maximum absolute atomic E-state index is 11.9. The normalized spacial score (nSPS) is 10.8. The van der Waals surface area contributed by atoms with E-state index in [0.29, 0.717) is 10.6 Å². The predicted octanol–water partition coefficient (Wildman–Crippen LogP) is 2.57. The molecule has 6 heteroatoms. The molecule has 0 saturated carbocycles. The summed E-state index contributed by atoms with van der Waals surface area (Å²) in [6.07, 6.45) is 0. The lowest BCUT2D eigenvalue weighted by Gasteiger charge is -2.02. The lowest BCUT2D eigenvalue weighted by molar-refractivity contribution is 0.0475. The predicted molar refractivity (Wildman–Crippen MR) is 78.6 cm³/mol. The van der Waals surface area contributed by atoms with Gasteiger partial charge >= 0.3 is 5.97 Å². The van der Waals surface area contributed by atoms with Crippen molar-refractivity contribution in [3.8, 4) is 0 Å². The first kappa shape index (κ1) is 12.7. The van der Waals surface area contributed by atoms with Crippen LogP contribution in [0.3, 0.4) is 0 Å². The molecule has 2 heterocycles. The van der Waals surface area contributed by atoms with Gasteiger partial charge in [0.05, 0.1) is 11.2 Å². The van der Waals surface area contributed by atoms with E-state index >= 15 is 0 Å². The van der Waals surface area contributed by atoms with Gasteiger partial charge in [-0.3, -0.25) is 4.68 Å². The fourth-order valence-corrected chi connectivity index (χ4v) is 2.79. The Kier molecular flexibility index (Phi) is 3.15. The van der Waals surface area contributed by atoms with Gasteiger partial charge in [0.15, 0.2) is 0 Å². The Morgan fingerprint density at radius 2 is 2.20 bits per heavy atom. The Morgan fingerprint density at radius 3 is 2.95 bits per heavy atom. The Hall–Kier alpha value is -2.34. The van der Waals surface area contributed by atoms with Crippen molar-refractivity contribution in [1.29, 1.82) is 0 Å². The van der Waals surface area contributed by atoms with Crippen molar-refractivity contribution < 1.29 is 9.53 Å². The molecule has 0 aliphatic rings. The molecule has 1 aromatic carbocycles. The monoisotopic (exact) mass is 287 g/mol. The molecule has 3 aromatic rings. The van der Waals surface area contributed by atoms with Gasteiger partial charge < -0.3 is 10.5 Å². The number of thiophene rings is 1. The highest BCUT2D eigenvalue weighted by Crippen LogP contribution is 2.22. The van der Waals surface area contributed by atoms with Gasteiger partial charge in [-0.05, 0) is 17.5 Å². The number of esters is 1. The van der Waals surface area contributed by atoms with Crippen LogP contribution in [0.2, 0.25) is 0 Å². The van der Waals surface area contributed by atoms with Crippen molar-refractivity contribution in [3.63, 3.8) is 0 Å². The number of anilines is 1. The van der Waals surface area contributed by atoms with Crippen molar-refractivity contribution in [2.75, 3.05) is 5.73 Å². The number of carbonyl (C=O) groups excluding carboxylic acids is 1. The molecule has 0 spiro atoms. The molecule has 0 aliphatic heterocycles. The second-order valence-corrected chi connectivity index (χ2v) is 5.28. The van der Waals surface area contributed by atoms with E-state index in [0.717, 1.165) is 16.6 Å². The summed E-state index contributed by atoms with van der Waals surface area (Å²) in [5, 5.41) is 7.13. The van der Waals surface area contributed by atoms with E-state index in [9.17, 15) is 4.79 Å². The van der Waals surface area contributed by atoms with E-state index in [4.69, 9.17) is 10.5 Å². The van der Waals surface area contributed by atoms with Crippen molar-refractivity contribution in [1.82, 2.24) is 9.78 Å². The number of aryl methyl sites for hydroxylation is 1. The molecule has 3 rings (SSSR count). The zero-order valence-electron chi connectivity index (χ0n) is 10.9. The third-order valence-corrected chi connectivity index (χ3v) is 3.97. The number of aromatic nitrogens is 2. The largest absolute Gasteiger partial charge is 0.455 e. The molecule has 0 bridgehead atoms. The summed E-state index contributed by atoms with van der Waals surface area (Å²) in [5.41, 5.74) is 7.90. The van der Waals surface area contributed by atoms with Crippen LogP contribution in [0.15, 0.2) is 35.7 Å². The molecule has 102 valence electrons. The van der Waals surface area contributed by atoms with Crippen LogP contribution in [0.25, 0.3) is 10.9 Å². The minimum atomic E-state index is -0.410. The second kappa shape index (κ2) is 4.97. The summed E-state index contributed by atoms with van der Waals surface area (Å²) in [7, 11) is 1.87. The number of nitrogen functional groups attached to an aromatic ring is 1. The first-order valence-electron chi connectivity index (χ1n) is 6.07. The number of para-hydroxylation sites is 1. The zero-order chi connectivity index (χ0) is 14.1. The molecule has 5 nitrogen and oxygen atoms in total. The lowest BCUT2D eigenvalue weighted by Crippen LogP contribution is -2.06. The molecule has 0 amide bonds. The SMILES string of the molecule is Cn1nc(COC(=O)c2sccc2N)c2ccccc21. The van der Waals surface area contributed by atoms with Gasteiger partial charge in [-0.25, -0.2) is 4.79 Å². The smallest absolute Gasteiger partial charge is 0.350 e. The molecular weight excluding hydrogens is 274 g/mol. The molecule has 0 atom stereocenters. The number of benzene rings is 1. The Labute approximate surface area is 119 Å². The quantitative estimate of drug-likeness (QED) is 0.752. The molecule has 2 aromatic heterocycles. The van der Waals surface area contributed by atoms with Gasteiger partial charge in [0.1, 0.15) is 17.2 Å². The molecule has 0 aliphatic carbocycles. The van der Waals surface area contributed by atoms with Crippen LogP contribution in [0.4, 0.5) is 5.69 Å². The Bertz CT molecular complexity index is 776. The number of fused-ring (bicyclic) bond motifs is 1. The number of nitrogens with zero attached hydrogens (tertiary/aromatic N) is 2. The van der Waals surface area contributed by atoms with Crippen molar-refractivity contribution in [2.24, 2.45) is 7.05 Å². The molecule has 20 heavy (non-hydrogen) atoms. The Morgan fingerprint density at radius 1 is 1.40 bits per heavy atom. The molecular formula is C14H13N3O2S. The van der Waals surface area contributed by atoms with Gasteiger partial charge in [0.25, 0.3) is 0 Å². The third-order valence-electron chi connectivity index (χ3n) is 3.06. The summed E-state index contributed by atoms with van der Waals surface area (Å²) in [6, 6.07) is 9.52. The first-order valence-corrected chi connectivity index (χ1v) is 6.95. The maximum atomic E-state index is 11.9. The van der Waals surface area contributed by atoms with E-state index in [1.165, 1.54) is 11.3 Å². The fourth-order valence-electron chi connectivity index (χ4n) is 2.08. The summed E-state index contributed by atoms with van der Waals surface area (Å²) in [6.45, 7) is 0.136. The van der Waals surface area contributed by atoms with E-state index in [1.807, 2.05) is 31.3 Å². The summed E-state index contributed by atoms with van der Waals surface area (Å²) < 4.78 is 7.07. The van der Waals surface area contributed by atoms with Crippen LogP contribution in [-0.4, -0.2) is 15.7 Å². The minimum absolute atomic E-state index is 0.136. The average Bonchev–Trinajstić information content (AvgIpc) is 3.01. The number of rotatable bonds is 3. The molecule has 0 unspecified atom stereocenters. The molecule has 2 N–H and O–H groups in total. The number of carbonyl (C=O) groups is 1. The topological polar surface area (TPSA) is 70.1 Å². The van der Waals surface area contributed by atoms with Crippen LogP contribution >= 0.6 is 11.3 Å². The van der Waals surface area contributed by atoms with Crippen LogP contribution < -0.4 is 5.73 Å². The standard InChI is InChI=1S/C14H13N3O2S/c1-17-12-5-3-2-4-9(12)11(16-17)8-19-14(18)13-10(15)6-7-20-13/h2-7H,8,15H2,1H3. The van der Waals surface area contributed by atoms with Gasteiger partial charge in [0, 0.05) is 12.4 Å². The van der Waals surface area contributed by atoms with Crippen LogP contribution in [0, 0.1) is 0 Å². The number of hydrogen-bond acceptors (Lipinski definition) is 5. The minimum Gasteiger partial charge on any atom is -0.455 e. The van der Waals surface area contributed by atoms with Gasteiger partial charge in [-0.1, -0.05) is 18.2 Å². The van der Waals surface area contributed by atoms with E-state index < -0.39 is 5.97 Å². The molecule has 0 fully saturated rings. The highest BCUT2D eigenvalue weighted by Gasteiger charge is 2.15. The molecule has 0 saturated heterocycles. The van der Waals surface area contributed by atoms with E-state index in [1.54, 1.807) is 16.1 Å². The highest BCUT2D eigenvalue weighted by molar-refractivity contribution is 7.12. The number of nitrogens with two attached hydrogens (primary N) is 1. The lowest BCUT2D eigenvalue weighted by atomic mass is 10.2. The van der Waals surface area contributed by atoms with Crippen molar-refractivity contribution in [3.05, 3.63) is 46.3 Å². The third kappa shape index (κ3) is 2.14. The van der Waals surface area contributed by atoms with Crippen LogP contribution in [-0.2, 0) is 18.4 Å².